The van der Waals surface area contributed by atoms with Crippen molar-refractivity contribution in [3.63, 3.8) is 0 Å². The van der Waals surface area contributed by atoms with Gasteiger partial charge in [-0.25, -0.2) is 0 Å². The molecule has 0 unspecified atom stereocenters. The van der Waals surface area contributed by atoms with Gasteiger partial charge in [-0.15, -0.1) is 0 Å². The number of carboxylic acid groups (broad SMARTS) is 1. The first-order chi connectivity index (χ1) is 6.04. The molecule has 0 aliphatic rings. The van der Waals surface area contributed by atoms with E-state index in [4.69, 9.17) is 0 Å². The van der Waals surface area contributed by atoms with Crippen molar-refractivity contribution in [3.05, 3.63) is 35.9 Å². The fraction of sp³-hybridized carbons (Fsp3) is 0.222. The summed E-state index contributed by atoms with van der Waals surface area (Å²) in [5.74, 6) is -1.13. The molecule has 0 saturated heterocycles. The maximum Gasteiger partial charge on any atom is 1.00 e. The van der Waals surface area contributed by atoms with E-state index in [1.54, 1.807) is 30.7 Å². The van der Waals surface area contributed by atoms with Gasteiger partial charge in [-0.1, -0.05) is 30.3 Å². The number of carbonyl (C=O) groups is 1. The van der Waals surface area contributed by atoms with Gasteiger partial charge < -0.3 is 9.90 Å². The predicted molar refractivity (Wildman–Crippen MR) is 50.8 cm³/mol. The number of carbonyl (C=O) groups excluding carboxylic acids is 1. The van der Waals surface area contributed by atoms with Crippen molar-refractivity contribution in [2.24, 2.45) is 0 Å². The fourth-order valence-electron chi connectivity index (χ4n) is 0.574. The average Bonchev–Trinajstić information content (AvgIpc) is 2.05. The van der Waals surface area contributed by atoms with Crippen molar-refractivity contribution in [1.82, 2.24) is 0 Å². The number of carboxylic acids is 1. The van der Waals surface area contributed by atoms with E-state index < -0.39 is 16.8 Å². The Labute approximate surface area is 108 Å². The van der Waals surface area contributed by atoms with Gasteiger partial charge in [0.05, 0.1) is 5.97 Å². The number of hydrogen-bond donors (Lipinski definition) is 0. The second-order valence-corrected chi connectivity index (χ2v) is 3.88. The number of hydrogen-bond acceptors (Lipinski definition) is 3. The summed E-state index contributed by atoms with van der Waals surface area (Å²) in [6.45, 7) is 0. The van der Waals surface area contributed by atoms with E-state index in [0.717, 1.165) is 0 Å². The molecule has 0 heterocycles. The molecule has 0 aliphatic heterocycles. The van der Waals surface area contributed by atoms with Crippen molar-refractivity contribution >= 4 is 16.8 Å². The van der Waals surface area contributed by atoms with E-state index in [2.05, 4.69) is 0 Å². The quantitative estimate of drug-likeness (QED) is 0.477. The Balaban J connectivity index is 0. The van der Waals surface area contributed by atoms with Crippen LogP contribution >= 0.6 is 0 Å². The molecule has 5 heteroatoms. The predicted octanol–water partition coefficient (Wildman–Crippen LogP) is -2.95. The third kappa shape index (κ3) is 9.92. The Morgan fingerprint density at radius 1 is 1.21 bits per heavy atom. The van der Waals surface area contributed by atoms with Gasteiger partial charge in [0.25, 0.3) is 0 Å². The Kier molecular flexibility index (Phi) is 10.9. The molecule has 1 aromatic rings. The van der Waals surface area contributed by atoms with Crippen molar-refractivity contribution < 1.29 is 43.7 Å². The average molecular weight is 222 g/mol. The van der Waals surface area contributed by atoms with Gasteiger partial charge >= 0.3 is 29.6 Å². The fourth-order valence-corrected chi connectivity index (χ4v) is 0.574. The van der Waals surface area contributed by atoms with Crippen molar-refractivity contribution in [2.45, 2.75) is 0 Å². The van der Waals surface area contributed by atoms with Crippen LogP contribution in [0.15, 0.2) is 30.3 Å². The molecule has 0 atom stereocenters. The monoisotopic (exact) mass is 222 g/mol. The minimum Gasteiger partial charge on any atom is -0.545 e. The molecule has 0 radical (unpaired) electrons. The zero-order chi connectivity index (χ0) is 10.3. The molecule has 72 valence electrons. The van der Waals surface area contributed by atoms with Gasteiger partial charge in [0.1, 0.15) is 0 Å². The molecule has 3 nitrogen and oxygen atoms in total. The summed E-state index contributed by atoms with van der Waals surface area (Å²) < 4.78 is 9.56. The van der Waals surface area contributed by atoms with Gasteiger partial charge in [-0.2, -0.15) is 0 Å². The normalized spacial score (nSPS) is 8.21. The summed E-state index contributed by atoms with van der Waals surface area (Å²) in [6.07, 6.45) is 3.28. The largest absolute Gasteiger partial charge is 1.00 e. The van der Waals surface area contributed by atoms with E-state index in [1.807, 2.05) is 0 Å². The Morgan fingerprint density at radius 3 is 1.79 bits per heavy atom. The van der Waals surface area contributed by atoms with E-state index in [1.165, 1.54) is 12.1 Å². The van der Waals surface area contributed by atoms with Crippen molar-refractivity contribution in [2.75, 3.05) is 12.5 Å². The molecule has 0 spiro atoms. The van der Waals surface area contributed by atoms with Crippen LogP contribution in [-0.4, -0.2) is 22.7 Å². The van der Waals surface area contributed by atoms with E-state index >= 15 is 0 Å². The number of benzene rings is 1. The summed E-state index contributed by atoms with van der Waals surface area (Å²) in [6, 6.07) is 8.06. The second-order valence-electron chi connectivity index (χ2n) is 2.40. The standard InChI is InChI=1S/C7H6O2.C2H6OS.Na/c8-7(9)6-4-2-1-3-5-6;1-4(2)3;/h1-5H,(H,8,9);1-2H3;/q;;+1/p-1. The van der Waals surface area contributed by atoms with E-state index in [-0.39, 0.29) is 35.1 Å². The van der Waals surface area contributed by atoms with Gasteiger partial charge in [-0.05, 0) is 5.56 Å². The van der Waals surface area contributed by atoms with Crippen LogP contribution in [0.2, 0.25) is 0 Å². The molecule has 0 aliphatic carbocycles. The first-order valence-corrected chi connectivity index (χ1v) is 5.52. The van der Waals surface area contributed by atoms with Crippen molar-refractivity contribution in [3.8, 4) is 0 Å². The maximum absolute atomic E-state index is 10.1. The van der Waals surface area contributed by atoms with Gasteiger partial charge in [0.2, 0.25) is 0 Å². The minimum atomic E-state index is -1.13. The number of aromatic carboxylic acids is 1. The molecule has 0 saturated carbocycles. The van der Waals surface area contributed by atoms with E-state index in [9.17, 15) is 14.1 Å². The Hall–Kier alpha value is -0.160. The summed E-state index contributed by atoms with van der Waals surface area (Å²) >= 11 is 0. The van der Waals surface area contributed by atoms with E-state index in [0.29, 0.717) is 0 Å². The molecule has 0 aromatic heterocycles. The molecule has 14 heavy (non-hydrogen) atoms. The summed E-state index contributed by atoms with van der Waals surface area (Å²) in [7, 11) is -0.611. The van der Waals surface area contributed by atoms with Gasteiger partial charge in [0.15, 0.2) is 0 Å². The molecule has 0 bridgehead atoms. The van der Waals surface area contributed by atoms with Crippen molar-refractivity contribution in [1.29, 1.82) is 0 Å². The second kappa shape index (κ2) is 9.40. The van der Waals surface area contributed by atoms with Crippen LogP contribution in [0.4, 0.5) is 0 Å². The van der Waals surface area contributed by atoms with Gasteiger partial charge in [-0.3, -0.25) is 4.21 Å². The molecular formula is C9H11NaO3S. The van der Waals surface area contributed by atoms with Crippen LogP contribution in [0, 0.1) is 0 Å². The molecule has 1 aromatic carbocycles. The maximum atomic E-state index is 10.1. The third-order valence-corrected chi connectivity index (χ3v) is 1.01. The van der Waals surface area contributed by atoms with Crippen LogP contribution in [-0.2, 0) is 10.8 Å². The zero-order valence-corrected chi connectivity index (χ0v) is 11.3. The first kappa shape index (κ1) is 16.3. The SMILES string of the molecule is CS(C)=O.O=C([O-])c1ccccc1.[Na+]. The molecular weight excluding hydrogens is 211 g/mol. The Bertz CT molecular complexity index is 283. The topological polar surface area (TPSA) is 57.2 Å². The third-order valence-electron chi connectivity index (χ3n) is 1.01. The summed E-state index contributed by atoms with van der Waals surface area (Å²) in [5, 5.41) is 10.1. The molecule has 1 rings (SSSR count). The molecule has 0 N–H and O–H groups in total. The van der Waals surface area contributed by atoms with Crippen LogP contribution in [0.1, 0.15) is 10.4 Å². The minimum absolute atomic E-state index is 0. The van der Waals surface area contributed by atoms with Crippen LogP contribution in [0.3, 0.4) is 0 Å². The smallest absolute Gasteiger partial charge is 0.545 e. The van der Waals surface area contributed by atoms with Crippen LogP contribution in [0.5, 0.6) is 0 Å². The molecule has 0 fully saturated rings. The molecule has 0 amide bonds. The summed E-state index contributed by atoms with van der Waals surface area (Å²) in [4.78, 5) is 10.1. The number of rotatable bonds is 1. The van der Waals surface area contributed by atoms with Crippen LogP contribution in [0.25, 0.3) is 0 Å². The summed E-state index contributed by atoms with van der Waals surface area (Å²) in [5.41, 5.74) is 0.220. The van der Waals surface area contributed by atoms with Gasteiger partial charge in [0, 0.05) is 23.3 Å². The van der Waals surface area contributed by atoms with Crippen LogP contribution < -0.4 is 34.7 Å². The first-order valence-electron chi connectivity index (χ1n) is 3.55. The zero-order valence-electron chi connectivity index (χ0n) is 8.52. The Morgan fingerprint density at radius 2 is 1.57 bits per heavy atom.